The molecule has 27 heavy (non-hydrogen) atoms. The number of methoxy groups -OCH3 is 2. The smallest absolute Gasteiger partial charge is 0.267 e. The van der Waals surface area contributed by atoms with Crippen molar-refractivity contribution in [1.82, 2.24) is 4.98 Å². The first-order chi connectivity index (χ1) is 13.0. The molecule has 0 spiro atoms. The minimum absolute atomic E-state index is 0.152. The third-order valence-electron chi connectivity index (χ3n) is 4.25. The Labute approximate surface area is 163 Å². The van der Waals surface area contributed by atoms with Gasteiger partial charge < -0.3 is 14.8 Å². The molecule has 1 heterocycles. The summed E-state index contributed by atoms with van der Waals surface area (Å²) in [5.74, 6) is 1.13. The van der Waals surface area contributed by atoms with Crippen LogP contribution in [0.5, 0.6) is 11.5 Å². The Hall–Kier alpha value is -2.86. The number of nitrogens with one attached hydrogen (secondary N) is 1. The Morgan fingerprint density at radius 3 is 2.41 bits per heavy atom. The van der Waals surface area contributed by atoms with E-state index in [9.17, 15) is 4.79 Å². The molecule has 0 unspecified atom stereocenters. The summed E-state index contributed by atoms with van der Waals surface area (Å²) in [5.41, 5.74) is 3.59. The molecule has 0 aliphatic rings. The number of ether oxygens (including phenoxy) is 2. The van der Waals surface area contributed by atoms with E-state index in [1.807, 2.05) is 49.4 Å². The molecule has 0 saturated heterocycles. The molecule has 0 atom stereocenters. The number of hydrogen-bond acceptors (Lipinski definition) is 5. The van der Waals surface area contributed by atoms with E-state index in [0.29, 0.717) is 22.1 Å². The van der Waals surface area contributed by atoms with Gasteiger partial charge in [-0.15, -0.1) is 11.3 Å². The lowest BCUT2D eigenvalue weighted by Crippen LogP contribution is -2.11. The highest BCUT2D eigenvalue weighted by Gasteiger charge is 2.17. The molecule has 2 aromatic carbocycles. The van der Waals surface area contributed by atoms with E-state index in [0.717, 1.165) is 22.7 Å². The summed E-state index contributed by atoms with van der Waals surface area (Å²) in [7, 11) is 3.19. The predicted octanol–water partition coefficient (Wildman–Crippen LogP) is 4.95. The van der Waals surface area contributed by atoms with Crippen molar-refractivity contribution >= 4 is 22.9 Å². The van der Waals surface area contributed by atoms with Gasteiger partial charge in [-0.05, 0) is 49.2 Å². The average Bonchev–Trinajstić information content (AvgIpc) is 3.09. The molecular weight excluding hydrogens is 360 g/mol. The maximum Gasteiger partial charge on any atom is 0.267 e. The third-order valence-corrected chi connectivity index (χ3v) is 5.46. The molecule has 3 rings (SSSR count). The van der Waals surface area contributed by atoms with Gasteiger partial charge in [0.15, 0.2) is 11.5 Å². The Morgan fingerprint density at radius 2 is 1.78 bits per heavy atom. The highest BCUT2D eigenvalue weighted by molar-refractivity contribution is 7.17. The number of benzene rings is 2. The lowest BCUT2D eigenvalue weighted by molar-refractivity contribution is 0.103. The van der Waals surface area contributed by atoms with Crippen LogP contribution in [0.1, 0.15) is 27.9 Å². The van der Waals surface area contributed by atoms with Crippen LogP contribution < -0.4 is 14.8 Å². The van der Waals surface area contributed by atoms with E-state index in [4.69, 9.17) is 9.47 Å². The Kier molecular flexibility index (Phi) is 5.76. The summed E-state index contributed by atoms with van der Waals surface area (Å²) < 4.78 is 10.6. The van der Waals surface area contributed by atoms with E-state index in [-0.39, 0.29) is 5.91 Å². The third kappa shape index (κ3) is 4.11. The quantitative estimate of drug-likeness (QED) is 0.655. The number of amides is 1. The van der Waals surface area contributed by atoms with Gasteiger partial charge in [-0.1, -0.05) is 19.1 Å². The van der Waals surface area contributed by atoms with Gasteiger partial charge in [0.05, 0.1) is 19.9 Å². The maximum atomic E-state index is 12.7. The number of nitrogens with zero attached hydrogens (tertiary/aromatic N) is 1. The SMILES string of the molecule is CCc1ccc(NC(=O)c2sc(-c3ccc(OC)c(OC)c3)nc2C)cc1. The molecule has 1 N–H and O–H groups in total. The molecule has 0 bridgehead atoms. The van der Waals surface area contributed by atoms with Crippen LogP contribution in [-0.2, 0) is 6.42 Å². The van der Waals surface area contributed by atoms with Crippen LogP contribution in [0.25, 0.3) is 10.6 Å². The Morgan fingerprint density at radius 1 is 1.07 bits per heavy atom. The number of aromatic nitrogens is 1. The number of aryl methyl sites for hydroxylation is 2. The second kappa shape index (κ2) is 8.22. The molecule has 1 aromatic heterocycles. The van der Waals surface area contributed by atoms with Crippen molar-refractivity contribution in [3.05, 3.63) is 58.6 Å². The van der Waals surface area contributed by atoms with Crippen LogP contribution >= 0.6 is 11.3 Å². The van der Waals surface area contributed by atoms with Crippen molar-refractivity contribution in [2.24, 2.45) is 0 Å². The molecule has 140 valence electrons. The van der Waals surface area contributed by atoms with Crippen LogP contribution in [0.3, 0.4) is 0 Å². The Bertz CT molecular complexity index is 949. The van der Waals surface area contributed by atoms with Crippen LogP contribution in [0.2, 0.25) is 0 Å². The van der Waals surface area contributed by atoms with Gasteiger partial charge >= 0.3 is 0 Å². The first-order valence-electron chi connectivity index (χ1n) is 8.65. The van der Waals surface area contributed by atoms with Crippen LogP contribution in [0.15, 0.2) is 42.5 Å². The molecule has 6 heteroatoms. The van der Waals surface area contributed by atoms with Gasteiger partial charge in [0.2, 0.25) is 0 Å². The average molecular weight is 382 g/mol. The van der Waals surface area contributed by atoms with Crippen molar-refractivity contribution < 1.29 is 14.3 Å². The summed E-state index contributed by atoms with van der Waals surface area (Å²) in [5, 5.41) is 3.71. The molecule has 0 fully saturated rings. The van der Waals surface area contributed by atoms with Crippen molar-refractivity contribution in [3.63, 3.8) is 0 Å². The summed E-state index contributed by atoms with van der Waals surface area (Å²) >= 11 is 1.36. The standard InChI is InChI=1S/C21H22N2O3S/c1-5-14-6-9-16(10-7-14)23-20(24)19-13(2)22-21(27-19)15-8-11-17(25-3)18(12-15)26-4/h6-12H,5H2,1-4H3,(H,23,24). The molecule has 5 nitrogen and oxygen atoms in total. The van der Waals surface area contributed by atoms with Crippen molar-refractivity contribution in [2.45, 2.75) is 20.3 Å². The number of carbonyl (C=O) groups is 1. The van der Waals surface area contributed by atoms with Gasteiger partial charge in [-0.25, -0.2) is 4.98 Å². The highest BCUT2D eigenvalue weighted by atomic mass is 32.1. The summed E-state index contributed by atoms with van der Waals surface area (Å²) in [6.45, 7) is 3.94. The van der Waals surface area contributed by atoms with E-state index >= 15 is 0 Å². The van der Waals surface area contributed by atoms with Crippen LogP contribution in [0, 0.1) is 6.92 Å². The van der Waals surface area contributed by atoms with Crippen molar-refractivity contribution in [2.75, 3.05) is 19.5 Å². The fourth-order valence-corrected chi connectivity index (χ4v) is 3.67. The summed E-state index contributed by atoms with van der Waals surface area (Å²) in [6, 6.07) is 13.5. The fraction of sp³-hybridized carbons (Fsp3) is 0.238. The zero-order chi connectivity index (χ0) is 19.4. The molecule has 3 aromatic rings. The topological polar surface area (TPSA) is 60.5 Å². The van der Waals surface area contributed by atoms with E-state index in [1.54, 1.807) is 14.2 Å². The molecule has 0 aliphatic heterocycles. The van der Waals surface area contributed by atoms with Gasteiger partial charge in [0.1, 0.15) is 9.88 Å². The van der Waals surface area contributed by atoms with Crippen molar-refractivity contribution in [3.8, 4) is 22.1 Å². The minimum atomic E-state index is -0.152. The van der Waals surface area contributed by atoms with E-state index in [1.165, 1.54) is 16.9 Å². The number of rotatable bonds is 6. The second-order valence-electron chi connectivity index (χ2n) is 6.01. The molecule has 0 radical (unpaired) electrons. The normalized spacial score (nSPS) is 10.5. The number of anilines is 1. The number of carbonyl (C=O) groups excluding carboxylic acids is 1. The monoisotopic (exact) mass is 382 g/mol. The highest BCUT2D eigenvalue weighted by Crippen LogP contribution is 2.35. The first-order valence-corrected chi connectivity index (χ1v) is 9.47. The van der Waals surface area contributed by atoms with Crippen molar-refractivity contribution in [1.29, 1.82) is 0 Å². The van der Waals surface area contributed by atoms with Gasteiger partial charge in [0.25, 0.3) is 5.91 Å². The zero-order valence-electron chi connectivity index (χ0n) is 15.8. The summed E-state index contributed by atoms with van der Waals surface area (Å²) in [4.78, 5) is 17.8. The Balaban J connectivity index is 1.84. The summed E-state index contributed by atoms with van der Waals surface area (Å²) in [6.07, 6.45) is 0.969. The fourth-order valence-electron chi connectivity index (χ4n) is 2.71. The minimum Gasteiger partial charge on any atom is -0.493 e. The second-order valence-corrected chi connectivity index (χ2v) is 7.01. The first kappa shape index (κ1) is 18.9. The maximum absolute atomic E-state index is 12.7. The number of hydrogen-bond donors (Lipinski definition) is 1. The lowest BCUT2D eigenvalue weighted by Gasteiger charge is -2.08. The van der Waals surface area contributed by atoms with Gasteiger partial charge in [-0.2, -0.15) is 0 Å². The molecule has 0 saturated carbocycles. The number of thiazole rings is 1. The molecule has 0 aliphatic carbocycles. The van der Waals surface area contributed by atoms with Crippen LogP contribution in [-0.4, -0.2) is 25.1 Å². The molecular formula is C21H22N2O3S. The molecule has 1 amide bonds. The zero-order valence-corrected chi connectivity index (χ0v) is 16.6. The van der Waals surface area contributed by atoms with Crippen LogP contribution in [0.4, 0.5) is 5.69 Å². The van der Waals surface area contributed by atoms with Gasteiger partial charge in [0, 0.05) is 11.3 Å². The lowest BCUT2D eigenvalue weighted by atomic mass is 10.1. The van der Waals surface area contributed by atoms with Gasteiger partial charge in [-0.3, -0.25) is 4.79 Å². The largest absolute Gasteiger partial charge is 0.493 e. The van der Waals surface area contributed by atoms with E-state index < -0.39 is 0 Å². The predicted molar refractivity (Wildman–Crippen MR) is 109 cm³/mol. The van der Waals surface area contributed by atoms with E-state index in [2.05, 4.69) is 17.2 Å².